The van der Waals surface area contributed by atoms with Gasteiger partial charge in [-0.3, -0.25) is 14.9 Å². The topological polar surface area (TPSA) is 32.3 Å². The molecule has 0 bridgehead atoms. The average Bonchev–Trinajstić information content (AvgIpc) is 3.19. The third-order valence-corrected chi connectivity index (χ3v) is 5.88. The number of rotatable bonds is 6. The molecule has 32 heavy (non-hydrogen) atoms. The fourth-order valence-corrected chi connectivity index (χ4v) is 4.39. The second-order valence-corrected chi connectivity index (χ2v) is 8.44. The molecule has 1 atom stereocenters. The van der Waals surface area contributed by atoms with Gasteiger partial charge in [0.05, 0.1) is 22.9 Å². The van der Waals surface area contributed by atoms with Gasteiger partial charge in [-0.25, -0.2) is 0 Å². The third kappa shape index (κ3) is 5.55. The van der Waals surface area contributed by atoms with Gasteiger partial charge < -0.3 is 4.90 Å². The molecule has 2 aromatic heterocycles. The molecule has 0 saturated carbocycles. The Kier molecular flexibility index (Phi) is 9.40. The zero-order valence-corrected chi connectivity index (χ0v) is 19.8. The Morgan fingerprint density at radius 3 is 2.19 bits per heavy atom. The van der Waals surface area contributed by atoms with Crippen molar-refractivity contribution >= 4 is 22.7 Å². The Morgan fingerprint density at radius 2 is 1.53 bits per heavy atom. The highest BCUT2D eigenvalue weighted by atomic mass is 15.2. The van der Waals surface area contributed by atoms with Crippen molar-refractivity contribution in [1.29, 1.82) is 0 Å². The number of nitrogens with zero attached hydrogens (tertiary/aromatic N) is 4. The molecule has 0 spiro atoms. The maximum atomic E-state index is 4.49. The number of fused-ring (bicyclic) bond motifs is 2. The fourth-order valence-electron chi connectivity index (χ4n) is 4.39. The molecule has 172 valence electrons. The van der Waals surface area contributed by atoms with E-state index in [1.165, 1.54) is 22.3 Å². The molecule has 0 aliphatic heterocycles. The maximum absolute atomic E-state index is 4.49. The van der Waals surface area contributed by atoms with E-state index in [2.05, 4.69) is 104 Å². The molecule has 1 aromatic carbocycles. The van der Waals surface area contributed by atoms with E-state index < -0.39 is 0 Å². The second kappa shape index (κ2) is 11.8. The van der Waals surface area contributed by atoms with Crippen molar-refractivity contribution in [2.45, 2.75) is 67.1 Å². The van der Waals surface area contributed by atoms with Crippen LogP contribution in [0.4, 0.5) is 5.69 Å². The molecule has 3 aromatic rings. The second-order valence-electron chi connectivity index (χ2n) is 8.44. The van der Waals surface area contributed by atoms with Gasteiger partial charge in [-0.15, -0.1) is 0 Å². The monoisotopic (exact) mass is 432 g/mol. The Balaban J connectivity index is 0.000000220. The van der Waals surface area contributed by atoms with Gasteiger partial charge in [0, 0.05) is 36.4 Å². The summed E-state index contributed by atoms with van der Waals surface area (Å²) in [6.07, 6.45) is 8.17. The van der Waals surface area contributed by atoms with Gasteiger partial charge in [0.1, 0.15) is 0 Å². The molecule has 0 radical (unpaired) electrons. The van der Waals surface area contributed by atoms with Crippen LogP contribution in [-0.4, -0.2) is 40.0 Å². The number of para-hydroxylation sites is 1. The molecule has 0 saturated heterocycles. The Labute approximate surface area is 195 Å². The molecular formula is C28H40N4. The van der Waals surface area contributed by atoms with E-state index in [0.717, 1.165) is 18.6 Å². The lowest BCUT2D eigenvalue weighted by atomic mass is 10.1. The lowest BCUT2D eigenvalue weighted by molar-refractivity contribution is 0.192. The summed E-state index contributed by atoms with van der Waals surface area (Å²) in [6, 6.07) is 16.0. The number of aromatic nitrogens is 2. The number of likely N-dealkylation sites (N-methyl/N-ethyl adjacent to an activating group) is 1. The largest absolute Gasteiger partial charge is 0.368 e. The predicted molar refractivity (Wildman–Crippen MR) is 140 cm³/mol. The number of anilines is 1. The van der Waals surface area contributed by atoms with E-state index in [-0.39, 0.29) is 7.43 Å². The van der Waals surface area contributed by atoms with Crippen molar-refractivity contribution in [2.24, 2.45) is 0 Å². The fraction of sp³-hybridized carbons (Fsp3) is 0.429. The third-order valence-electron chi connectivity index (χ3n) is 5.88. The van der Waals surface area contributed by atoms with Crippen molar-refractivity contribution < 1.29 is 0 Å². The molecule has 0 amide bonds. The lowest BCUT2D eigenvalue weighted by Crippen LogP contribution is -2.33. The smallest absolute Gasteiger partial charge is 0.0935 e. The summed E-state index contributed by atoms with van der Waals surface area (Å²) in [5.41, 5.74) is 4.80. The van der Waals surface area contributed by atoms with E-state index >= 15 is 0 Å². The van der Waals surface area contributed by atoms with Crippen molar-refractivity contribution in [2.75, 3.05) is 18.0 Å². The normalized spacial score (nSPS) is 14.3. The molecule has 0 fully saturated rings. The number of hydrogen-bond donors (Lipinski definition) is 0. The average molecular weight is 433 g/mol. The van der Waals surface area contributed by atoms with E-state index in [1.54, 1.807) is 0 Å². The molecule has 1 unspecified atom stereocenters. The molecule has 4 rings (SSSR count). The standard InChI is InChI=1S/C14H18N2.C13H18N2.CH4/c1-4-16(11(2)3)13-9-5-7-12-8-6-10-15-14(12)13;1-4-15(10(2)3)12-8-7-11-6-5-9-14-13(11)12;/h5-11H,4H2,1-3H3;5-10,12H,4H2,1-3H3;1H4. The minimum absolute atomic E-state index is 0. The van der Waals surface area contributed by atoms with Crippen LogP contribution in [0.15, 0.2) is 60.9 Å². The van der Waals surface area contributed by atoms with E-state index in [4.69, 9.17) is 0 Å². The molecule has 4 heteroatoms. The molecule has 4 nitrogen and oxygen atoms in total. The molecule has 0 N–H and O–H groups in total. The zero-order valence-electron chi connectivity index (χ0n) is 19.8. The van der Waals surface area contributed by atoms with Crippen LogP contribution in [0, 0.1) is 0 Å². The van der Waals surface area contributed by atoms with Gasteiger partial charge in [-0.2, -0.15) is 0 Å². The number of hydrogen-bond acceptors (Lipinski definition) is 4. The van der Waals surface area contributed by atoms with Gasteiger partial charge in [-0.1, -0.05) is 50.8 Å². The van der Waals surface area contributed by atoms with E-state index in [1.807, 2.05) is 24.5 Å². The van der Waals surface area contributed by atoms with Gasteiger partial charge >= 0.3 is 0 Å². The molecule has 1 aliphatic rings. The summed E-state index contributed by atoms with van der Waals surface area (Å²) in [5, 5.41) is 1.21. The SMILES string of the molecule is C.CCN(C(C)C)C1C=Cc2cccnc21.CCN(c1cccc2cccnc12)C(C)C. The summed E-state index contributed by atoms with van der Waals surface area (Å²) in [4.78, 5) is 13.8. The first-order valence-electron chi connectivity index (χ1n) is 11.5. The van der Waals surface area contributed by atoms with Crippen LogP contribution in [0.2, 0.25) is 0 Å². The summed E-state index contributed by atoms with van der Waals surface area (Å²) in [7, 11) is 0. The number of pyridine rings is 2. The Hall–Kier alpha value is -2.72. The van der Waals surface area contributed by atoms with Crippen LogP contribution >= 0.6 is 0 Å². The van der Waals surface area contributed by atoms with Crippen molar-refractivity contribution in [3.63, 3.8) is 0 Å². The van der Waals surface area contributed by atoms with Crippen LogP contribution in [0.3, 0.4) is 0 Å². The summed E-state index contributed by atoms with van der Waals surface area (Å²) >= 11 is 0. The highest BCUT2D eigenvalue weighted by Gasteiger charge is 2.25. The van der Waals surface area contributed by atoms with Crippen molar-refractivity contribution in [1.82, 2.24) is 14.9 Å². The van der Waals surface area contributed by atoms with Crippen molar-refractivity contribution in [3.05, 3.63) is 72.2 Å². The van der Waals surface area contributed by atoms with E-state index in [0.29, 0.717) is 18.1 Å². The van der Waals surface area contributed by atoms with Gasteiger partial charge in [0.15, 0.2) is 0 Å². The van der Waals surface area contributed by atoms with Crippen LogP contribution < -0.4 is 4.90 Å². The number of benzene rings is 1. The summed E-state index contributed by atoms with van der Waals surface area (Å²) < 4.78 is 0. The summed E-state index contributed by atoms with van der Waals surface area (Å²) in [6.45, 7) is 15.3. The van der Waals surface area contributed by atoms with Crippen LogP contribution in [-0.2, 0) is 0 Å². The highest BCUT2D eigenvalue weighted by Crippen LogP contribution is 2.31. The Morgan fingerprint density at radius 1 is 0.844 bits per heavy atom. The first-order chi connectivity index (χ1) is 15.0. The minimum Gasteiger partial charge on any atom is -0.368 e. The Bertz CT molecular complexity index is 1000. The van der Waals surface area contributed by atoms with Crippen LogP contribution in [0.1, 0.15) is 66.3 Å². The summed E-state index contributed by atoms with van der Waals surface area (Å²) in [5.74, 6) is 0. The quantitative estimate of drug-likeness (QED) is 0.420. The van der Waals surface area contributed by atoms with E-state index in [9.17, 15) is 0 Å². The van der Waals surface area contributed by atoms with Gasteiger partial charge in [0.25, 0.3) is 0 Å². The zero-order chi connectivity index (χ0) is 22.4. The molecular weight excluding hydrogens is 392 g/mol. The van der Waals surface area contributed by atoms with Crippen LogP contribution in [0.5, 0.6) is 0 Å². The minimum atomic E-state index is 0. The van der Waals surface area contributed by atoms with Crippen LogP contribution in [0.25, 0.3) is 17.0 Å². The lowest BCUT2D eigenvalue weighted by Gasteiger charge is -2.30. The molecule has 2 heterocycles. The predicted octanol–water partition coefficient (Wildman–Crippen LogP) is 6.99. The maximum Gasteiger partial charge on any atom is 0.0935 e. The van der Waals surface area contributed by atoms with Gasteiger partial charge in [0.2, 0.25) is 0 Å². The molecule has 1 aliphatic carbocycles. The first-order valence-corrected chi connectivity index (χ1v) is 11.5. The highest BCUT2D eigenvalue weighted by molar-refractivity contribution is 5.90. The van der Waals surface area contributed by atoms with Crippen molar-refractivity contribution in [3.8, 4) is 0 Å². The van der Waals surface area contributed by atoms with Gasteiger partial charge in [-0.05, 0) is 64.9 Å². The first kappa shape index (κ1) is 25.5.